The van der Waals surface area contributed by atoms with E-state index in [1.54, 1.807) is 0 Å². The first kappa shape index (κ1) is 19.1. The fourth-order valence-corrected chi connectivity index (χ4v) is 2.42. The van der Waals surface area contributed by atoms with Crippen LogP contribution in [0.5, 0.6) is 0 Å². The lowest BCUT2D eigenvalue weighted by molar-refractivity contribution is 0.0587. The van der Waals surface area contributed by atoms with Gasteiger partial charge in [0, 0.05) is 0 Å². The molecule has 0 unspecified atom stereocenters. The van der Waals surface area contributed by atoms with E-state index in [9.17, 15) is 22.8 Å². The Morgan fingerprint density at radius 3 is 2.23 bits per heavy atom. The van der Waals surface area contributed by atoms with Crippen LogP contribution in [0.15, 0.2) is 39.8 Å². The van der Waals surface area contributed by atoms with E-state index >= 15 is 0 Å². The molecule has 3 N–H and O–H groups in total. The molecule has 0 bridgehead atoms. The highest BCUT2D eigenvalue weighted by molar-refractivity contribution is 7.89. The van der Waals surface area contributed by atoms with Gasteiger partial charge in [-0.1, -0.05) is 0 Å². The number of primary sulfonamides is 1. The lowest BCUT2D eigenvalue weighted by Crippen LogP contribution is -2.16. The number of ether oxygens (including phenoxy) is 2. The summed E-state index contributed by atoms with van der Waals surface area (Å²) in [5, 5.41) is 6.66. The molecule has 0 aliphatic carbocycles. The van der Waals surface area contributed by atoms with E-state index in [0.717, 1.165) is 19.2 Å². The predicted molar refractivity (Wildman–Crippen MR) is 87.2 cm³/mol. The molecule has 0 aliphatic rings. The number of carbonyl (C=O) groups is 3. The van der Waals surface area contributed by atoms with E-state index in [4.69, 9.17) is 9.56 Å². The molecule has 0 saturated heterocycles. The molecule has 2 rings (SSSR count). The van der Waals surface area contributed by atoms with E-state index < -0.39 is 33.0 Å². The van der Waals surface area contributed by atoms with Crippen LogP contribution in [-0.4, -0.2) is 40.5 Å². The number of anilines is 1. The number of furan rings is 1. The number of methoxy groups -OCH3 is 2. The van der Waals surface area contributed by atoms with Crippen LogP contribution < -0.4 is 10.5 Å². The summed E-state index contributed by atoms with van der Waals surface area (Å²) in [7, 11) is -1.80. The number of nitrogens with one attached hydrogen (secondary N) is 1. The van der Waals surface area contributed by atoms with Crippen LogP contribution in [0.3, 0.4) is 0 Å². The molecule has 138 valence electrons. The summed E-state index contributed by atoms with van der Waals surface area (Å²) < 4.78 is 36.5. The number of rotatable bonds is 5. The Balaban J connectivity index is 2.39. The zero-order chi connectivity index (χ0) is 19.5. The predicted octanol–water partition coefficient (Wildman–Crippen LogP) is 0.752. The zero-order valence-electron chi connectivity index (χ0n) is 13.6. The minimum atomic E-state index is -4.12. The van der Waals surface area contributed by atoms with Crippen molar-refractivity contribution in [1.82, 2.24) is 0 Å². The van der Waals surface area contributed by atoms with Crippen LogP contribution in [0.25, 0.3) is 0 Å². The molecular weight excluding hydrogens is 368 g/mol. The van der Waals surface area contributed by atoms with Crippen molar-refractivity contribution < 1.29 is 36.7 Å². The molecule has 2 aromatic rings. The number of esters is 2. The van der Waals surface area contributed by atoms with Crippen molar-refractivity contribution in [3.8, 4) is 0 Å². The van der Waals surface area contributed by atoms with Crippen LogP contribution in [0.4, 0.5) is 5.69 Å². The number of hydrogen-bond donors (Lipinski definition) is 2. The number of benzene rings is 1. The second-order valence-electron chi connectivity index (χ2n) is 4.86. The van der Waals surface area contributed by atoms with Crippen molar-refractivity contribution in [2.45, 2.75) is 5.09 Å². The fraction of sp³-hybridized carbons (Fsp3) is 0.133. The molecule has 10 nitrogen and oxygen atoms in total. The Hall–Kier alpha value is -3.18. The Morgan fingerprint density at radius 1 is 1.04 bits per heavy atom. The maximum atomic E-state index is 12.3. The smallest absolute Gasteiger partial charge is 0.339 e. The first-order valence-corrected chi connectivity index (χ1v) is 8.46. The summed E-state index contributed by atoms with van der Waals surface area (Å²) in [6, 6.07) is 5.90. The van der Waals surface area contributed by atoms with Gasteiger partial charge in [0.2, 0.25) is 5.09 Å². The molecule has 0 atom stereocenters. The standard InChI is InChI=1S/C15H14N2O8S/c1-23-14(19)8-3-4-9(15(20)24-2)10(7-8)17-13(18)11-5-6-12(25-11)26(16,21)22/h3-7H,1-2H3,(H,17,18)(H2,16,21,22). The quantitative estimate of drug-likeness (QED) is 0.718. The van der Waals surface area contributed by atoms with E-state index in [1.165, 1.54) is 25.3 Å². The number of nitrogens with two attached hydrogens (primary N) is 1. The maximum absolute atomic E-state index is 12.3. The van der Waals surface area contributed by atoms with Gasteiger partial charge >= 0.3 is 11.9 Å². The first-order valence-electron chi connectivity index (χ1n) is 6.92. The largest absolute Gasteiger partial charge is 0.465 e. The van der Waals surface area contributed by atoms with Crippen molar-refractivity contribution in [1.29, 1.82) is 0 Å². The molecule has 11 heteroatoms. The van der Waals surface area contributed by atoms with E-state index in [1.807, 2.05) is 0 Å². The minimum absolute atomic E-state index is 0.0354. The van der Waals surface area contributed by atoms with Gasteiger partial charge in [-0.15, -0.1) is 0 Å². The van der Waals surface area contributed by atoms with Crippen LogP contribution in [0, 0.1) is 0 Å². The summed E-state index contributed by atoms with van der Waals surface area (Å²) in [6.07, 6.45) is 0. The minimum Gasteiger partial charge on any atom is -0.465 e. The van der Waals surface area contributed by atoms with Gasteiger partial charge < -0.3 is 19.2 Å². The molecule has 0 aliphatic heterocycles. The van der Waals surface area contributed by atoms with Gasteiger partial charge in [0.05, 0.1) is 31.0 Å². The second kappa shape index (κ2) is 7.37. The zero-order valence-corrected chi connectivity index (χ0v) is 14.5. The summed E-state index contributed by atoms with van der Waals surface area (Å²) in [4.78, 5) is 35.7. The maximum Gasteiger partial charge on any atom is 0.339 e. The summed E-state index contributed by atoms with van der Waals surface area (Å²) in [5.74, 6) is -2.69. The van der Waals surface area contributed by atoms with E-state index in [-0.39, 0.29) is 22.6 Å². The average molecular weight is 382 g/mol. The number of amides is 1. The Labute approximate surface area is 147 Å². The van der Waals surface area contributed by atoms with Gasteiger partial charge in [-0.25, -0.2) is 23.1 Å². The summed E-state index contributed by atoms with van der Waals surface area (Å²) in [5.41, 5.74) is -0.0230. The highest BCUT2D eigenvalue weighted by Gasteiger charge is 2.21. The molecular formula is C15H14N2O8S. The topological polar surface area (TPSA) is 155 Å². The fourth-order valence-electron chi connectivity index (χ4n) is 1.96. The molecule has 1 aromatic carbocycles. The summed E-state index contributed by atoms with van der Waals surface area (Å²) >= 11 is 0. The van der Waals surface area contributed by atoms with Crippen LogP contribution in [-0.2, 0) is 19.5 Å². The van der Waals surface area contributed by atoms with Crippen molar-refractivity contribution in [3.05, 3.63) is 47.2 Å². The number of carbonyl (C=O) groups excluding carboxylic acids is 3. The van der Waals surface area contributed by atoms with Gasteiger partial charge in [0.15, 0.2) is 5.76 Å². The Kier molecular flexibility index (Phi) is 5.43. The third-order valence-electron chi connectivity index (χ3n) is 3.18. The molecule has 26 heavy (non-hydrogen) atoms. The SMILES string of the molecule is COC(=O)c1ccc(C(=O)OC)c(NC(=O)c2ccc(S(N)(=O)=O)o2)c1. The third-order valence-corrected chi connectivity index (χ3v) is 3.96. The van der Waals surface area contributed by atoms with Crippen LogP contribution in [0.2, 0.25) is 0 Å². The van der Waals surface area contributed by atoms with Gasteiger partial charge in [0.1, 0.15) is 0 Å². The van der Waals surface area contributed by atoms with Gasteiger partial charge in [-0.05, 0) is 30.3 Å². The van der Waals surface area contributed by atoms with Crippen molar-refractivity contribution in [2.75, 3.05) is 19.5 Å². The van der Waals surface area contributed by atoms with Gasteiger partial charge in [-0.3, -0.25) is 4.79 Å². The molecule has 1 heterocycles. The van der Waals surface area contributed by atoms with Crippen LogP contribution >= 0.6 is 0 Å². The number of hydrogen-bond acceptors (Lipinski definition) is 8. The lowest BCUT2D eigenvalue weighted by Gasteiger charge is -2.10. The third kappa shape index (κ3) is 4.07. The Bertz CT molecular complexity index is 977. The Morgan fingerprint density at radius 2 is 1.69 bits per heavy atom. The van der Waals surface area contributed by atoms with Crippen molar-refractivity contribution >= 4 is 33.6 Å². The second-order valence-corrected chi connectivity index (χ2v) is 6.35. The molecule has 1 amide bonds. The molecule has 0 saturated carbocycles. The van der Waals surface area contributed by atoms with E-state index in [2.05, 4.69) is 14.8 Å². The van der Waals surface area contributed by atoms with Gasteiger partial charge in [-0.2, -0.15) is 0 Å². The first-order chi connectivity index (χ1) is 12.2. The highest BCUT2D eigenvalue weighted by atomic mass is 32.2. The highest BCUT2D eigenvalue weighted by Crippen LogP contribution is 2.21. The molecule has 0 spiro atoms. The van der Waals surface area contributed by atoms with E-state index in [0.29, 0.717) is 0 Å². The summed E-state index contributed by atoms with van der Waals surface area (Å²) in [6.45, 7) is 0. The number of sulfonamides is 1. The normalized spacial score (nSPS) is 10.9. The molecule has 0 radical (unpaired) electrons. The van der Waals surface area contributed by atoms with Gasteiger partial charge in [0.25, 0.3) is 15.9 Å². The molecule has 1 aromatic heterocycles. The van der Waals surface area contributed by atoms with Crippen molar-refractivity contribution in [2.24, 2.45) is 5.14 Å². The van der Waals surface area contributed by atoms with Crippen molar-refractivity contribution in [3.63, 3.8) is 0 Å². The van der Waals surface area contributed by atoms with Crippen LogP contribution in [0.1, 0.15) is 31.3 Å². The lowest BCUT2D eigenvalue weighted by atomic mass is 10.1. The molecule has 0 fully saturated rings. The monoisotopic (exact) mass is 382 g/mol. The average Bonchev–Trinajstić information content (AvgIpc) is 3.11.